The summed E-state index contributed by atoms with van der Waals surface area (Å²) < 4.78 is 1.03. The molecule has 0 heterocycles. The summed E-state index contributed by atoms with van der Waals surface area (Å²) >= 11 is 3.48. The number of hydrogen-bond donors (Lipinski definition) is 1. The molecular weight excluding hydrogens is 314 g/mol. The lowest BCUT2D eigenvalue weighted by atomic mass is 10.1. The Balaban J connectivity index is 2.15. The van der Waals surface area contributed by atoms with Gasteiger partial charge in [-0.3, -0.25) is 4.79 Å². The summed E-state index contributed by atoms with van der Waals surface area (Å²) in [6.45, 7) is 4.27. The van der Waals surface area contributed by atoms with E-state index in [0.29, 0.717) is 6.42 Å². The fraction of sp³-hybridized carbons (Fsp3) is 0.588. The van der Waals surface area contributed by atoms with Gasteiger partial charge in [0, 0.05) is 16.6 Å². The van der Waals surface area contributed by atoms with Crippen molar-refractivity contribution in [2.24, 2.45) is 0 Å². The summed E-state index contributed by atoms with van der Waals surface area (Å²) in [6, 6.07) is 5.91. The normalized spacial score (nSPS) is 10.6. The Labute approximate surface area is 131 Å². The number of hydrogen-bond acceptors (Lipinski definition) is 1. The number of carbonyl (C=O) groups excluding carboxylic acids is 1. The molecule has 0 aromatic heterocycles. The summed E-state index contributed by atoms with van der Waals surface area (Å²) in [4.78, 5) is 11.8. The molecule has 0 atom stereocenters. The molecule has 3 heteroatoms. The highest BCUT2D eigenvalue weighted by Gasteiger charge is 2.03. The third-order valence-corrected chi connectivity index (χ3v) is 4.32. The van der Waals surface area contributed by atoms with Crippen LogP contribution in [0.5, 0.6) is 0 Å². The molecule has 1 aromatic carbocycles. The number of amides is 1. The van der Waals surface area contributed by atoms with Crippen molar-refractivity contribution < 1.29 is 4.79 Å². The molecule has 0 spiro atoms. The van der Waals surface area contributed by atoms with Gasteiger partial charge >= 0.3 is 0 Å². The maximum atomic E-state index is 11.8. The highest BCUT2D eigenvalue weighted by molar-refractivity contribution is 9.10. The number of rotatable bonds is 9. The van der Waals surface area contributed by atoms with E-state index in [4.69, 9.17) is 0 Å². The van der Waals surface area contributed by atoms with Gasteiger partial charge in [0.25, 0.3) is 0 Å². The Morgan fingerprint density at radius 1 is 1.10 bits per heavy atom. The molecule has 0 aliphatic rings. The van der Waals surface area contributed by atoms with Gasteiger partial charge < -0.3 is 5.32 Å². The minimum absolute atomic E-state index is 0.120. The van der Waals surface area contributed by atoms with Crippen LogP contribution in [-0.2, 0) is 4.79 Å². The van der Waals surface area contributed by atoms with Crippen molar-refractivity contribution in [1.29, 1.82) is 0 Å². The van der Waals surface area contributed by atoms with Crippen LogP contribution >= 0.6 is 15.9 Å². The molecule has 1 N–H and O–H groups in total. The van der Waals surface area contributed by atoms with Crippen molar-refractivity contribution in [1.82, 2.24) is 0 Å². The minimum Gasteiger partial charge on any atom is -0.326 e. The van der Waals surface area contributed by atoms with Crippen molar-refractivity contribution in [3.8, 4) is 0 Å². The van der Waals surface area contributed by atoms with Crippen molar-refractivity contribution in [2.75, 3.05) is 5.32 Å². The first-order valence-electron chi connectivity index (χ1n) is 7.69. The third-order valence-electron chi connectivity index (χ3n) is 3.46. The summed E-state index contributed by atoms with van der Waals surface area (Å²) in [6.07, 6.45) is 9.29. The van der Waals surface area contributed by atoms with Gasteiger partial charge in [-0.05, 0) is 31.0 Å². The Morgan fingerprint density at radius 2 is 1.75 bits per heavy atom. The first-order valence-corrected chi connectivity index (χ1v) is 8.48. The SMILES string of the molecule is CCCCCCCCCC(=O)Nc1ccc(C)c(Br)c1. The average Bonchev–Trinajstić information content (AvgIpc) is 2.42. The summed E-state index contributed by atoms with van der Waals surface area (Å²) in [5.41, 5.74) is 2.05. The standard InChI is InChI=1S/C17H26BrNO/c1-3-4-5-6-7-8-9-10-17(20)19-15-12-11-14(2)16(18)13-15/h11-13H,3-10H2,1-2H3,(H,19,20). The number of unbranched alkanes of at least 4 members (excludes halogenated alkanes) is 6. The summed E-state index contributed by atoms with van der Waals surface area (Å²) in [5.74, 6) is 0.120. The molecule has 1 aromatic rings. The number of aryl methyl sites for hydroxylation is 1. The molecule has 0 radical (unpaired) electrons. The van der Waals surface area contributed by atoms with Crippen LogP contribution in [0.3, 0.4) is 0 Å². The van der Waals surface area contributed by atoms with E-state index < -0.39 is 0 Å². The second-order valence-corrected chi connectivity index (χ2v) is 6.24. The molecule has 1 amide bonds. The lowest BCUT2D eigenvalue weighted by Crippen LogP contribution is -2.11. The number of carbonyl (C=O) groups is 1. The maximum Gasteiger partial charge on any atom is 0.224 e. The van der Waals surface area contributed by atoms with Gasteiger partial charge in [-0.15, -0.1) is 0 Å². The van der Waals surface area contributed by atoms with Crippen LogP contribution in [0.1, 0.15) is 63.9 Å². The molecule has 112 valence electrons. The first-order chi connectivity index (χ1) is 9.63. The van der Waals surface area contributed by atoms with E-state index in [1.54, 1.807) is 0 Å². The van der Waals surface area contributed by atoms with Crippen molar-refractivity contribution in [2.45, 2.75) is 65.2 Å². The van der Waals surface area contributed by atoms with Gasteiger partial charge in [-0.1, -0.05) is 67.4 Å². The molecule has 0 fully saturated rings. The van der Waals surface area contributed by atoms with Crippen LogP contribution in [0, 0.1) is 6.92 Å². The predicted octanol–water partition coefficient (Wildman–Crippen LogP) is 5.84. The van der Waals surface area contributed by atoms with Gasteiger partial charge in [0.05, 0.1) is 0 Å². The predicted molar refractivity (Wildman–Crippen MR) is 90.1 cm³/mol. The zero-order valence-corrected chi connectivity index (χ0v) is 14.3. The molecule has 20 heavy (non-hydrogen) atoms. The Morgan fingerprint density at radius 3 is 2.40 bits per heavy atom. The topological polar surface area (TPSA) is 29.1 Å². The van der Waals surface area contributed by atoms with Crippen molar-refractivity contribution in [3.05, 3.63) is 28.2 Å². The molecule has 0 aliphatic carbocycles. The van der Waals surface area contributed by atoms with Crippen molar-refractivity contribution in [3.63, 3.8) is 0 Å². The summed E-state index contributed by atoms with van der Waals surface area (Å²) in [5, 5.41) is 2.95. The van der Waals surface area contributed by atoms with Gasteiger partial charge in [0.1, 0.15) is 0 Å². The van der Waals surface area contributed by atoms with Gasteiger partial charge in [-0.25, -0.2) is 0 Å². The van der Waals surface area contributed by atoms with Crippen LogP contribution < -0.4 is 5.32 Å². The van der Waals surface area contributed by atoms with E-state index in [-0.39, 0.29) is 5.91 Å². The van der Waals surface area contributed by atoms with E-state index in [1.807, 2.05) is 25.1 Å². The molecular formula is C17H26BrNO. The monoisotopic (exact) mass is 339 g/mol. The Kier molecular flexibility index (Phi) is 8.59. The van der Waals surface area contributed by atoms with E-state index in [2.05, 4.69) is 28.2 Å². The Hall–Kier alpha value is -0.830. The molecule has 0 saturated carbocycles. The van der Waals surface area contributed by atoms with Gasteiger partial charge in [-0.2, -0.15) is 0 Å². The number of benzene rings is 1. The van der Waals surface area contributed by atoms with E-state index in [0.717, 1.165) is 23.0 Å². The average molecular weight is 340 g/mol. The molecule has 0 bridgehead atoms. The molecule has 0 unspecified atom stereocenters. The van der Waals surface area contributed by atoms with Crippen LogP contribution in [0.25, 0.3) is 0 Å². The van der Waals surface area contributed by atoms with Crippen LogP contribution in [0.4, 0.5) is 5.69 Å². The van der Waals surface area contributed by atoms with E-state index in [9.17, 15) is 4.79 Å². The minimum atomic E-state index is 0.120. The molecule has 0 saturated heterocycles. The largest absolute Gasteiger partial charge is 0.326 e. The second-order valence-electron chi connectivity index (χ2n) is 5.38. The highest BCUT2D eigenvalue weighted by atomic mass is 79.9. The zero-order chi connectivity index (χ0) is 14.8. The first kappa shape index (κ1) is 17.2. The fourth-order valence-electron chi connectivity index (χ4n) is 2.14. The molecule has 1 rings (SSSR count). The maximum absolute atomic E-state index is 11.8. The van der Waals surface area contributed by atoms with Crippen molar-refractivity contribution >= 4 is 27.5 Å². The molecule has 0 aliphatic heterocycles. The third kappa shape index (κ3) is 7.09. The van der Waals surface area contributed by atoms with Crippen LogP contribution in [0.15, 0.2) is 22.7 Å². The zero-order valence-electron chi connectivity index (χ0n) is 12.7. The smallest absolute Gasteiger partial charge is 0.224 e. The Bertz CT molecular complexity index is 417. The van der Waals surface area contributed by atoms with E-state index >= 15 is 0 Å². The van der Waals surface area contributed by atoms with Crippen LogP contribution in [0.2, 0.25) is 0 Å². The quantitative estimate of drug-likeness (QED) is 0.563. The highest BCUT2D eigenvalue weighted by Crippen LogP contribution is 2.20. The number of halogens is 1. The van der Waals surface area contributed by atoms with Gasteiger partial charge in [0.15, 0.2) is 0 Å². The van der Waals surface area contributed by atoms with E-state index in [1.165, 1.54) is 37.7 Å². The number of anilines is 1. The van der Waals surface area contributed by atoms with Gasteiger partial charge in [0.2, 0.25) is 5.91 Å². The van der Waals surface area contributed by atoms with Crippen LogP contribution in [-0.4, -0.2) is 5.91 Å². The lowest BCUT2D eigenvalue weighted by Gasteiger charge is -2.07. The number of nitrogens with one attached hydrogen (secondary N) is 1. The summed E-state index contributed by atoms with van der Waals surface area (Å²) in [7, 11) is 0. The molecule has 2 nitrogen and oxygen atoms in total. The fourth-order valence-corrected chi connectivity index (χ4v) is 2.52. The lowest BCUT2D eigenvalue weighted by molar-refractivity contribution is -0.116. The second kappa shape index (κ2) is 9.98.